The number of alkyl halides is 1. The van der Waals surface area contributed by atoms with Gasteiger partial charge in [0.25, 0.3) is 5.91 Å². The quantitative estimate of drug-likeness (QED) is 0.534. The first-order valence-corrected chi connectivity index (χ1v) is 11.9. The van der Waals surface area contributed by atoms with Crippen molar-refractivity contribution in [1.29, 1.82) is 0 Å². The van der Waals surface area contributed by atoms with E-state index < -0.39 is 0 Å². The fourth-order valence-electron chi connectivity index (χ4n) is 6.12. The van der Waals surface area contributed by atoms with Gasteiger partial charge >= 0.3 is 5.97 Å². The van der Waals surface area contributed by atoms with Crippen LogP contribution in [0.25, 0.3) is 0 Å². The number of carbonyl (C=O) groups excluding carboxylic acids is 3. The number of carbonyl (C=O) groups is 3. The van der Waals surface area contributed by atoms with Gasteiger partial charge in [-0.25, -0.2) is 0 Å². The van der Waals surface area contributed by atoms with Crippen molar-refractivity contribution < 1.29 is 19.1 Å². The van der Waals surface area contributed by atoms with Gasteiger partial charge in [0, 0.05) is 30.3 Å². The number of benzene rings is 1. The monoisotopic (exact) mass is 474 g/mol. The maximum atomic E-state index is 13.1. The molecule has 4 fully saturated rings. The number of ether oxygens (including phenoxy) is 1. The summed E-state index contributed by atoms with van der Waals surface area (Å²) in [7, 11) is 1.87. The van der Waals surface area contributed by atoms with E-state index in [9.17, 15) is 14.4 Å². The Bertz CT molecular complexity index is 884. The fraction of sp³-hybridized carbons (Fsp3) is 0.609. The molecular formula is C23H27BrN2O4. The average Bonchev–Trinajstić information content (AvgIpc) is 3.38. The molecule has 7 heteroatoms. The Hall–Kier alpha value is -1.89. The molecule has 1 heterocycles. The third kappa shape index (κ3) is 3.17. The number of anilines is 1. The highest BCUT2D eigenvalue weighted by Gasteiger charge is 2.67. The largest absolute Gasteiger partial charge is 0.461 e. The van der Waals surface area contributed by atoms with Gasteiger partial charge in [0.1, 0.15) is 6.10 Å². The molecule has 3 aliphatic carbocycles. The molecule has 0 aromatic heterocycles. The van der Waals surface area contributed by atoms with Crippen LogP contribution in [-0.4, -0.2) is 46.7 Å². The molecule has 6 nitrogen and oxygen atoms in total. The minimum atomic E-state index is -0.380. The first-order chi connectivity index (χ1) is 14.5. The van der Waals surface area contributed by atoms with E-state index >= 15 is 0 Å². The smallest absolute Gasteiger partial charge is 0.310 e. The number of halogens is 1. The first kappa shape index (κ1) is 20.0. The predicted octanol–water partition coefficient (Wildman–Crippen LogP) is 3.60. The molecule has 3 saturated carbocycles. The van der Waals surface area contributed by atoms with E-state index in [2.05, 4.69) is 21.2 Å². The Balaban J connectivity index is 1.30. The molecule has 2 bridgehead atoms. The van der Waals surface area contributed by atoms with Crippen LogP contribution in [0.5, 0.6) is 0 Å². The van der Waals surface area contributed by atoms with Crippen molar-refractivity contribution >= 4 is 39.4 Å². The van der Waals surface area contributed by atoms with Crippen molar-refractivity contribution in [1.82, 2.24) is 4.90 Å². The van der Waals surface area contributed by atoms with Crippen molar-refractivity contribution in [2.75, 3.05) is 12.4 Å². The molecule has 4 aliphatic rings. The second kappa shape index (κ2) is 7.66. The van der Waals surface area contributed by atoms with Gasteiger partial charge in [0.05, 0.1) is 16.7 Å². The second-order valence-electron chi connectivity index (χ2n) is 9.24. The maximum Gasteiger partial charge on any atom is 0.310 e. The third-order valence-corrected chi connectivity index (χ3v) is 8.85. The summed E-state index contributed by atoms with van der Waals surface area (Å²) < 4.78 is 5.50. The summed E-state index contributed by atoms with van der Waals surface area (Å²) in [6, 6.07) is 7.42. The number of nitrogens with one attached hydrogen (secondary N) is 1. The summed E-state index contributed by atoms with van der Waals surface area (Å²) in [5.41, 5.74) is 1.17. The SMILES string of the molecule is CN(C(=O)c1cccc(NC(=O)[C@@H]2[C@H]3C[C@H]4[C@H](OC(=O)[C@@H]42)[C@H]3Br)c1)C1CCCCC1. The molecule has 6 atom stereocenters. The van der Waals surface area contributed by atoms with Gasteiger partial charge in [-0.3, -0.25) is 14.4 Å². The summed E-state index contributed by atoms with van der Waals surface area (Å²) in [6.45, 7) is 0. The van der Waals surface area contributed by atoms with Crippen LogP contribution in [0.2, 0.25) is 0 Å². The first-order valence-electron chi connectivity index (χ1n) is 11.0. The topological polar surface area (TPSA) is 75.7 Å². The normalized spacial score (nSPS) is 34.7. The Labute approximate surface area is 184 Å². The highest BCUT2D eigenvalue weighted by molar-refractivity contribution is 9.09. The van der Waals surface area contributed by atoms with Crippen molar-refractivity contribution in [2.24, 2.45) is 23.7 Å². The van der Waals surface area contributed by atoms with E-state index in [4.69, 9.17) is 4.74 Å². The zero-order valence-corrected chi connectivity index (χ0v) is 18.6. The lowest BCUT2D eigenvalue weighted by molar-refractivity contribution is -0.145. The van der Waals surface area contributed by atoms with Crippen LogP contribution in [0, 0.1) is 23.7 Å². The van der Waals surface area contributed by atoms with Gasteiger partial charge in [-0.2, -0.15) is 0 Å². The molecule has 0 spiro atoms. The van der Waals surface area contributed by atoms with Crippen molar-refractivity contribution in [3.8, 4) is 0 Å². The van der Waals surface area contributed by atoms with E-state index in [0.717, 1.165) is 19.3 Å². The summed E-state index contributed by atoms with van der Waals surface area (Å²) >= 11 is 3.65. The molecule has 1 saturated heterocycles. The van der Waals surface area contributed by atoms with Gasteiger partial charge in [-0.1, -0.05) is 41.3 Å². The predicted molar refractivity (Wildman–Crippen MR) is 115 cm³/mol. The zero-order valence-electron chi connectivity index (χ0n) is 17.1. The van der Waals surface area contributed by atoms with Crippen molar-refractivity contribution in [3.63, 3.8) is 0 Å². The standard InChI is InChI=1S/C23H27BrN2O4/c1-26(14-8-3-2-4-9-14)22(28)12-6-5-7-13(10-12)25-21(27)17-15-11-16-18(17)23(29)30-20(16)19(15)24/h5-7,10,14-20H,2-4,8-9,11H2,1H3,(H,25,27)/t15-,16-,17-,18+,19+,20+/m1/s1. The number of amides is 2. The molecule has 1 aliphatic heterocycles. The van der Waals surface area contributed by atoms with Crippen molar-refractivity contribution in [3.05, 3.63) is 29.8 Å². The van der Waals surface area contributed by atoms with E-state index in [1.54, 1.807) is 24.3 Å². The summed E-state index contributed by atoms with van der Waals surface area (Å²) in [5, 5.41) is 2.97. The Morgan fingerprint density at radius 1 is 1.17 bits per heavy atom. The van der Waals surface area contributed by atoms with Gasteiger partial charge in [-0.15, -0.1) is 0 Å². The molecule has 1 N–H and O–H groups in total. The lowest BCUT2D eigenvalue weighted by atomic mass is 9.79. The van der Waals surface area contributed by atoms with Crippen LogP contribution in [0.15, 0.2) is 24.3 Å². The van der Waals surface area contributed by atoms with Gasteiger partial charge in [-0.05, 0) is 43.4 Å². The van der Waals surface area contributed by atoms with Gasteiger partial charge in [0.15, 0.2) is 0 Å². The minimum absolute atomic E-state index is 0.0133. The van der Waals surface area contributed by atoms with E-state index in [1.807, 2.05) is 11.9 Å². The number of fused-ring (bicyclic) bond motifs is 1. The molecule has 0 unspecified atom stereocenters. The Morgan fingerprint density at radius 3 is 2.70 bits per heavy atom. The summed E-state index contributed by atoms with van der Waals surface area (Å²) in [4.78, 5) is 40.3. The molecule has 1 aromatic carbocycles. The Morgan fingerprint density at radius 2 is 1.93 bits per heavy atom. The fourth-order valence-corrected chi connectivity index (χ4v) is 7.17. The van der Waals surface area contributed by atoms with Crippen molar-refractivity contribution in [2.45, 2.75) is 55.5 Å². The lowest BCUT2D eigenvalue weighted by Crippen LogP contribution is -2.40. The molecule has 1 aromatic rings. The molecule has 30 heavy (non-hydrogen) atoms. The average molecular weight is 475 g/mol. The molecule has 0 radical (unpaired) electrons. The highest BCUT2D eigenvalue weighted by Crippen LogP contribution is 2.60. The number of hydrogen-bond acceptors (Lipinski definition) is 4. The van der Waals surface area contributed by atoms with Crippen LogP contribution in [0.4, 0.5) is 5.69 Å². The second-order valence-corrected chi connectivity index (χ2v) is 10.3. The Kier molecular flexibility index (Phi) is 5.12. The van der Waals surface area contributed by atoms with Crippen LogP contribution >= 0.6 is 15.9 Å². The zero-order chi connectivity index (χ0) is 21.0. The lowest BCUT2D eigenvalue weighted by Gasteiger charge is -2.31. The maximum absolute atomic E-state index is 13.1. The van der Waals surface area contributed by atoms with Gasteiger partial charge in [0.2, 0.25) is 5.91 Å². The van der Waals surface area contributed by atoms with Crippen LogP contribution in [-0.2, 0) is 14.3 Å². The molecule has 5 rings (SSSR count). The third-order valence-electron chi connectivity index (χ3n) is 7.65. The number of rotatable bonds is 4. The van der Waals surface area contributed by atoms with E-state index in [0.29, 0.717) is 11.3 Å². The molecule has 160 valence electrons. The van der Waals surface area contributed by atoms with Crippen LogP contribution in [0.1, 0.15) is 48.9 Å². The summed E-state index contributed by atoms with van der Waals surface area (Å²) in [6.07, 6.45) is 6.44. The number of nitrogens with zero attached hydrogens (tertiary/aromatic N) is 1. The summed E-state index contributed by atoms with van der Waals surface area (Å²) in [5.74, 6) is -0.878. The molecule has 2 amide bonds. The minimum Gasteiger partial charge on any atom is -0.461 e. The number of esters is 1. The molecular weight excluding hydrogens is 448 g/mol. The van der Waals surface area contributed by atoms with E-state index in [-0.39, 0.29) is 58.4 Å². The van der Waals surface area contributed by atoms with E-state index in [1.165, 1.54) is 19.3 Å². The highest BCUT2D eigenvalue weighted by atomic mass is 79.9. The van der Waals surface area contributed by atoms with Crippen LogP contribution < -0.4 is 5.32 Å². The van der Waals surface area contributed by atoms with Gasteiger partial charge < -0.3 is 15.0 Å². The number of hydrogen-bond donors (Lipinski definition) is 1. The van der Waals surface area contributed by atoms with Crippen LogP contribution in [0.3, 0.4) is 0 Å².